The van der Waals surface area contributed by atoms with Crippen LogP contribution >= 0.6 is 12.4 Å². The Morgan fingerprint density at radius 3 is 2.75 bits per heavy atom. The van der Waals surface area contributed by atoms with Gasteiger partial charge in [-0.2, -0.15) is 9.97 Å². The van der Waals surface area contributed by atoms with Crippen molar-refractivity contribution in [3.05, 3.63) is 77.0 Å². The number of fused-ring (bicyclic) bond motifs is 2. The molecule has 7 nitrogen and oxygen atoms in total. The Balaban J connectivity index is 0.00000245. The summed E-state index contributed by atoms with van der Waals surface area (Å²) in [6.45, 7) is 3.55. The Labute approximate surface area is 192 Å². The molecule has 5 rings (SSSR count). The number of carbonyl (C=O) groups excluding carboxylic acids is 1. The van der Waals surface area contributed by atoms with Gasteiger partial charge in [0.15, 0.2) is 0 Å². The van der Waals surface area contributed by atoms with Crippen LogP contribution in [0.3, 0.4) is 0 Å². The lowest BCUT2D eigenvalue weighted by atomic mass is 10.1. The standard InChI is InChI=1S/C24H24N6O.ClH/c1-15-13-19-17(21(25)31)9-5-11-20(19)30(15)24-28-22-18(10-6-12-26-22)23(29-24)27-14-16-7-3-2-4-8-16;/h2-5,7-9,11,13H,6,10,12,14H2,1H3,(H2,25,31)(H2,26,27,28,29);1H. The van der Waals surface area contributed by atoms with Gasteiger partial charge in [-0.3, -0.25) is 9.36 Å². The van der Waals surface area contributed by atoms with Gasteiger partial charge in [0.2, 0.25) is 11.9 Å². The number of nitrogens with zero attached hydrogens (tertiary/aromatic N) is 3. The second kappa shape index (κ2) is 8.88. The number of aryl methyl sites for hydroxylation is 1. The lowest BCUT2D eigenvalue weighted by Gasteiger charge is -2.22. The highest BCUT2D eigenvalue weighted by Crippen LogP contribution is 2.31. The second-order valence-corrected chi connectivity index (χ2v) is 7.79. The SMILES string of the molecule is Cc1cc2c(C(N)=O)cccc2n1-c1nc2c(c(NCc3ccccc3)n1)CCCN2.Cl. The van der Waals surface area contributed by atoms with Crippen molar-refractivity contribution in [1.82, 2.24) is 14.5 Å². The molecule has 4 N–H and O–H groups in total. The van der Waals surface area contributed by atoms with E-state index < -0.39 is 5.91 Å². The van der Waals surface area contributed by atoms with Crippen LogP contribution in [0.25, 0.3) is 16.9 Å². The molecule has 1 amide bonds. The third-order valence-corrected chi connectivity index (χ3v) is 5.69. The summed E-state index contributed by atoms with van der Waals surface area (Å²) in [6, 6.07) is 17.8. The van der Waals surface area contributed by atoms with E-state index in [4.69, 9.17) is 15.7 Å². The molecular weight excluding hydrogens is 424 g/mol. The van der Waals surface area contributed by atoms with Crippen molar-refractivity contribution in [2.45, 2.75) is 26.3 Å². The van der Waals surface area contributed by atoms with E-state index in [1.54, 1.807) is 6.07 Å². The van der Waals surface area contributed by atoms with Crippen LogP contribution in [-0.4, -0.2) is 27.0 Å². The smallest absolute Gasteiger partial charge is 0.249 e. The van der Waals surface area contributed by atoms with Crippen LogP contribution in [0.2, 0.25) is 0 Å². The summed E-state index contributed by atoms with van der Waals surface area (Å²) in [5.41, 5.74) is 10.2. The molecule has 4 aromatic rings. The first-order valence-electron chi connectivity index (χ1n) is 10.5. The van der Waals surface area contributed by atoms with E-state index in [-0.39, 0.29) is 12.4 Å². The molecule has 1 aliphatic heterocycles. The van der Waals surface area contributed by atoms with Crippen LogP contribution in [0.1, 0.15) is 33.6 Å². The minimum atomic E-state index is -0.444. The molecule has 0 aliphatic carbocycles. The molecule has 0 fully saturated rings. The fraction of sp³-hybridized carbons (Fsp3) is 0.208. The van der Waals surface area contributed by atoms with E-state index in [0.717, 1.165) is 53.2 Å². The average Bonchev–Trinajstić information content (AvgIpc) is 3.13. The Morgan fingerprint density at radius 1 is 1.16 bits per heavy atom. The Hall–Kier alpha value is -3.58. The van der Waals surface area contributed by atoms with Gasteiger partial charge in [-0.25, -0.2) is 0 Å². The van der Waals surface area contributed by atoms with Gasteiger partial charge in [-0.1, -0.05) is 36.4 Å². The molecule has 0 saturated heterocycles. The van der Waals surface area contributed by atoms with Crippen LogP contribution in [0.15, 0.2) is 54.6 Å². The minimum absolute atomic E-state index is 0. The molecule has 164 valence electrons. The third-order valence-electron chi connectivity index (χ3n) is 5.69. The van der Waals surface area contributed by atoms with Gasteiger partial charge in [0.05, 0.1) is 5.52 Å². The number of primary amides is 1. The molecular formula is C24H25ClN6O. The first-order valence-corrected chi connectivity index (χ1v) is 10.5. The number of carbonyl (C=O) groups is 1. The molecule has 32 heavy (non-hydrogen) atoms. The lowest BCUT2D eigenvalue weighted by Crippen LogP contribution is -2.19. The van der Waals surface area contributed by atoms with Gasteiger partial charge >= 0.3 is 0 Å². The Morgan fingerprint density at radius 2 is 1.97 bits per heavy atom. The van der Waals surface area contributed by atoms with Gasteiger partial charge < -0.3 is 16.4 Å². The highest BCUT2D eigenvalue weighted by Gasteiger charge is 2.21. The largest absolute Gasteiger partial charge is 0.370 e. The minimum Gasteiger partial charge on any atom is -0.370 e. The lowest BCUT2D eigenvalue weighted by molar-refractivity contribution is 0.100. The second-order valence-electron chi connectivity index (χ2n) is 7.79. The van der Waals surface area contributed by atoms with Gasteiger partial charge in [0, 0.05) is 35.3 Å². The summed E-state index contributed by atoms with van der Waals surface area (Å²) in [5.74, 6) is 1.82. The molecule has 0 atom stereocenters. The molecule has 0 unspecified atom stereocenters. The summed E-state index contributed by atoms with van der Waals surface area (Å²) < 4.78 is 1.98. The number of nitrogens with two attached hydrogens (primary N) is 1. The number of hydrogen-bond acceptors (Lipinski definition) is 5. The third kappa shape index (κ3) is 3.87. The number of hydrogen-bond donors (Lipinski definition) is 3. The van der Waals surface area contributed by atoms with Gasteiger partial charge in [0.1, 0.15) is 11.6 Å². The number of amides is 1. The Kier molecular flexibility index (Phi) is 6.01. The van der Waals surface area contributed by atoms with Crippen LogP contribution in [0.5, 0.6) is 0 Å². The van der Waals surface area contributed by atoms with Crippen molar-refractivity contribution in [1.29, 1.82) is 0 Å². The fourth-order valence-electron chi connectivity index (χ4n) is 4.20. The van der Waals surface area contributed by atoms with Crippen LogP contribution in [0, 0.1) is 6.92 Å². The predicted octanol–water partition coefficient (Wildman–Crippen LogP) is 4.22. The zero-order valence-electron chi connectivity index (χ0n) is 17.8. The maximum Gasteiger partial charge on any atom is 0.249 e. The van der Waals surface area contributed by atoms with Crippen molar-refractivity contribution in [2.75, 3.05) is 17.2 Å². The number of rotatable bonds is 5. The van der Waals surface area contributed by atoms with E-state index in [1.807, 2.05) is 47.9 Å². The van der Waals surface area contributed by atoms with E-state index in [2.05, 4.69) is 22.8 Å². The summed E-state index contributed by atoms with van der Waals surface area (Å²) in [4.78, 5) is 21.7. The predicted molar refractivity (Wildman–Crippen MR) is 130 cm³/mol. The summed E-state index contributed by atoms with van der Waals surface area (Å²) in [5, 5.41) is 7.74. The zero-order valence-corrected chi connectivity index (χ0v) is 18.6. The normalized spacial score (nSPS) is 12.5. The highest BCUT2D eigenvalue weighted by atomic mass is 35.5. The molecule has 0 saturated carbocycles. The summed E-state index contributed by atoms with van der Waals surface area (Å²) in [7, 11) is 0. The molecule has 3 heterocycles. The molecule has 2 aromatic carbocycles. The molecule has 0 spiro atoms. The molecule has 8 heteroatoms. The number of nitrogens with one attached hydrogen (secondary N) is 2. The quantitative estimate of drug-likeness (QED) is 0.424. The number of benzene rings is 2. The van der Waals surface area contributed by atoms with Crippen molar-refractivity contribution in [3.8, 4) is 5.95 Å². The van der Waals surface area contributed by atoms with Gasteiger partial charge in [-0.15, -0.1) is 12.4 Å². The summed E-state index contributed by atoms with van der Waals surface area (Å²) in [6.07, 6.45) is 1.97. The zero-order chi connectivity index (χ0) is 21.4. The van der Waals surface area contributed by atoms with Gasteiger partial charge in [0.25, 0.3) is 0 Å². The average molecular weight is 449 g/mol. The molecule has 0 bridgehead atoms. The van der Waals surface area contributed by atoms with Gasteiger partial charge in [-0.05, 0) is 43.5 Å². The van der Waals surface area contributed by atoms with E-state index in [9.17, 15) is 4.79 Å². The van der Waals surface area contributed by atoms with Crippen molar-refractivity contribution in [3.63, 3.8) is 0 Å². The van der Waals surface area contributed by atoms with Crippen molar-refractivity contribution >= 4 is 40.9 Å². The van der Waals surface area contributed by atoms with E-state index in [0.29, 0.717) is 18.1 Å². The topological polar surface area (TPSA) is 97.9 Å². The highest BCUT2D eigenvalue weighted by molar-refractivity contribution is 6.06. The number of anilines is 2. The maximum atomic E-state index is 11.9. The fourth-order valence-corrected chi connectivity index (χ4v) is 4.20. The van der Waals surface area contributed by atoms with Crippen LogP contribution in [-0.2, 0) is 13.0 Å². The monoisotopic (exact) mass is 448 g/mol. The first-order chi connectivity index (χ1) is 15.1. The Bertz CT molecular complexity index is 1280. The number of halogens is 1. The van der Waals surface area contributed by atoms with E-state index >= 15 is 0 Å². The van der Waals surface area contributed by atoms with E-state index in [1.165, 1.54) is 5.56 Å². The molecule has 2 aromatic heterocycles. The number of aromatic nitrogens is 3. The van der Waals surface area contributed by atoms with Crippen molar-refractivity contribution in [2.24, 2.45) is 5.73 Å². The maximum absolute atomic E-state index is 11.9. The molecule has 0 radical (unpaired) electrons. The van der Waals surface area contributed by atoms with Crippen LogP contribution in [0.4, 0.5) is 11.6 Å². The van der Waals surface area contributed by atoms with Crippen molar-refractivity contribution < 1.29 is 4.79 Å². The first kappa shape index (κ1) is 21.6. The van der Waals surface area contributed by atoms with Crippen LogP contribution < -0.4 is 16.4 Å². The molecule has 1 aliphatic rings. The summed E-state index contributed by atoms with van der Waals surface area (Å²) >= 11 is 0.